The van der Waals surface area contributed by atoms with Gasteiger partial charge in [0.05, 0.1) is 19.8 Å². The predicted molar refractivity (Wildman–Crippen MR) is 226 cm³/mol. The molecular weight excluding hydrogens is 717 g/mol. The van der Waals surface area contributed by atoms with Crippen molar-refractivity contribution in [3.63, 3.8) is 0 Å². The predicted octanol–water partition coefficient (Wildman–Crippen LogP) is 11.2. The topological polar surface area (TPSA) is 155 Å². The largest absolute Gasteiger partial charge is 0.480 e. The van der Waals surface area contributed by atoms with E-state index >= 15 is 0 Å². The van der Waals surface area contributed by atoms with Crippen LogP contribution in [0.3, 0.4) is 0 Å². The van der Waals surface area contributed by atoms with E-state index in [2.05, 4.69) is 97.4 Å². The van der Waals surface area contributed by atoms with Gasteiger partial charge >= 0.3 is 19.8 Å². The van der Waals surface area contributed by atoms with Crippen LogP contribution in [0.1, 0.15) is 142 Å². The van der Waals surface area contributed by atoms with Crippen LogP contribution in [0, 0.1) is 0 Å². The third kappa shape index (κ3) is 39.2. The van der Waals surface area contributed by atoms with Crippen molar-refractivity contribution in [2.45, 2.75) is 154 Å². The normalized spacial score (nSPS) is 14.8. The zero-order valence-corrected chi connectivity index (χ0v) is 34.9. The Labute approximate surface area is 333 Å². The van der Waals surface area contributed by atoms with Gasteiger partial charge in [-0.3, -0.25) is 18.6 Å². The molecule has 55 heavy (non-hydrogen) atoms. The lowest BCUT2D eigenvalue weighted by atomic mass is 10.1. The summed E-state index contributed by atoms with van der Waals surface area (Å²) in [7, 11) is -4.63. The van der Waals surface area contributed by atoms with Crippen LogP contribution in [0.4, 0.5) is 0 Å². The van der Waals surface area contributed by atoms with E-state index in [0.717, 1.165) is 64.2 Å². The molecule has 0 spiro atoms. The summed E-state index contributed by atoms with van der Waals surface area (Å²) in [5, 5.41) is 8.87. The van der Waals surface area contributed by atoms with Crippen molar-refractivity contribution in [1.29, 1.82) is 0 Å². The van der Waals surface area contributed by atoms with Crippen LogP contribution in [0.2, 0.25) is 0 Å². The zero-order chi connectivity index (χ0) is 40.5. The van der Waals surface area contributed by atoms with Gasteiger partial charge < -0.3 is 25.2 Å². The van der Waals surface area contributed by atoms with E-state index in [1.807, 2.05) is 6.08 Å². The minimum Gasteiger partial charge on any atom is -0.480 e. The molecule has 0 saturated heterocycles. The number of carbonyl (C=O) groups excluding carboxylic acids is 1. The molecule has 0 aromatic carbocycles. The highest BCUT2D eigenvalue weighted by Gasteiger charge is 2.27. The van der Waals surface area contributed by atoms with Crippen LogP contribution < -0.4 is 5.73 Å². The van der Waals surface area contributed by atoms with Gasteiger partial charge in [0, 0.05) is 13.0 Å². The number of carboxylic acids is 1. The van der Waals surface area contributed by atoms with Gasteiger partial charge in [-0.25, -0.2) is 4.57 Å². The lowest BCUT2D eigenvalue weighted by molar-refractivity contribution is -0.154. The molecule has 0 bridgehead atoms. The van der Waals surface area contributed by atoms with E-state index in [9.17, 15) is 19.0 Å². The van der Waals surface area contributed by atoms with Crippen LogP contribution in [0.5, 0.6) is 0 Å². The Balaban J connectivity index is 4.36. The molecule has 0 amide bonds. The van der Waals surface area contributed by atoms with Crippen molar-refractivity contribution in [1.82, 2.24) is 0 Å². The summed E-state index contributed by atoms with van der Waals surface area (Å²) in [5.74, 6) is -1.85. The van der Waals surface area contributed by atoms with Gasteiger partial charge in [0.15, 0.2) is 0 Å². The summed E-state index contributed by atoms with van der Waals surface area (Å²) in [6.45, 7) is 3.65. The van der Waals surface area contributed by atoms with Crippen LogP contribution in [0.15, 0.2) is 85.1 Å². The van der Waals surface area contributed by atoms with Crippen molar-refractivity contribution >= 4 is 19.8 Å². The molecule has 0 heterocycles. The van der Waals surface area contributed by atoms with Gasteiger partial charge in [0.25, 0.3) is 0 Å². The SMILES string of the molecule is CC/C=C\C/C=C\C/C=C\C/C=C\C/C=C\C/C=C\C/C=C\CCCC(=O)OC(COCCCCCCCCCCCC)COP(=O)(O)OCC(N)C(=O)O. The molecule has 0 aromatic heterocycles. The number of esters is 1. The molecule has 10 nitrogen and oxygen atoms in total. The summed E-state index contributed by atoms with van der Waals surface area (Å²) in [6, 6.07) is -1.48. The number of carboxylic acid groups (broad SMARTS) is 1. The Morgan fingerprint density at radius 1 is 0.600 bits per heavy atom. The van der Waals surface area contributed by atoms with E-state index in [4.69, 9.17) is 24.8 Å². The average molecular weight is 792 g/mol. The van der Waals surface area contributed by atoms with Crippen molar-refractivity contribution in [2.75, 3.05) is 26.4 Å². The molecule has 4 N–H and O–H groups in total. The van der Waals surface area contributed by atoms with E-state index in [0.29, 0.717) is 19.4 Å². The standard InChI is InChI=1S/C44H74NO9P/c1-3-5-7-9-11-13-15-16-17-18-19-20-21-22-23-24-25-26-27-28-30-32-34-36-43(46)54-41(39-52-55(49,50)53-40-42(45)44(47)48)38-51-37-35-33-31-29-14-12-10-8-6-4-2/h5,7,11,13,16-17,19-20,22-23,25-26,28,30,41-42H,3-4,6,8-10,12,14-15,18,21,24,27,29,31-40,45H2,1-2H3,(H,47,48)(H,49,50)/b7-5-,13-11-,17-16-,20-19-,23-22-,26-25-,30-28-. The molecule has 3 unspecified atom stereocenters. The van der Waals surface area contributed by atoms with Gasteiger partial charge in [-0.15, -0.1) is 0 Å². The summed E-state index contributed by atoms with van der Waals surface area (Å²) in [4.78, 5) is 33.4. The summed E-state index contributed by atoms with van der Waals surface area (Å²) in [6.07, 6.45) is 49.3. The number of ether oxygens (including phenoxy) is 2. The number of hydrogen-bond donors (Lipinski definition) is 3. The van der Waals surface area contributed by atoms with E-state index in [-0.39, 0.29) is 13.0 Å². The third-order valence-corrected chi connectivity index (χ3v) is 9.14. The highest BCUT2D eigenvalue weighted by atomic mass is 31.2. The van der Waals surface area contributed by atoms with Crippen LogP contribution in [-0.2, 0) is 32.7 Å². The van der Waals surface area contributed by atoms with Crippen molar-refractivity contribution in [3.8, 4) is 0 Å². The first-order valence-electron chi connectivity index (χ1n) is 20.6. The van der Waals surface area contributed by atoms with E-state index in [1.165, 1.54) is 44.9 Å². The Bertz CT molecular complexity index is 1190. The molecule has 0 rings (SSSR count). The fourth-order valence-electron chi connectivity index (χ4n) is 5.00. The van der Waals surface area contributed by atoms with Gasteiger partial charge in [-0.1, -0.05) is 157 Å². The monoisotopic (exact) mass is 792 g/mol. The van der Waals surface area contributed by atoms with Crippen LogP contribution in [0.25, 0.3) is 0 Å². The highest BCUT2D eigenvalue weighted by Crippen LogP contribution is 2.43. The lowest BCUT2D eigenvalue weighted by Gasteiger charge is -2.20. The number of carbonyl (C=O) groups is 2. The first-order valence-corrected chi connectivity index (χ1v) is 22.1. The number of phosphoric ester groups is 1. The summed E-state index contributed by atoms with van der Waals surface area (Å²) < 4.78 is 33.2. The van der Waals surface area contributed by atoms with Gasteiger partial charge in [-0.2, -0.15) is 0 Å². The molecule has 3 atom stereocenters. The Morgan fingerprint density at radius 2 is 1.04 bits per heavy atom. The van der Waals surface area contributed by atoms with Crippen molar-refractivity contribution in [2.24, 2.45) is 5.73 Å². The minimum absolute atomic E-state index is 0.0102. The van der Waals surface area contributed by atoms with Gasteiger partial charge in [0.1, 0.15) is 12.1 Å². The molecule has 0 radical (unpaired) electrons. The van der Waals surface area contributed by atoms with Crippen molar-refractivity contribution < 1.29 is 42.7 Å². The maximum atomic E-state index is 12.6. The second-order valence-electron chi connectivity index (χ2n) is 13.4. The van der Waals surface area contributed by atoms with E-state index in [1.54, 1.807) is 0 Å². The number of unbranched alkanes of at least 4 members (excludes halogenated alkanes) is 10. The molecule has 0 aliphatic rings. The summed E-state index contributed by atoms with van der Waals surface area (Å²) >= 11 is 0. The number of allylic oxidation sites excluding steroid dienone is 14. The molecule has 0 aliphatic heterocycles. The molecular formula is C44H74NO9P. The van der Waals surface area contributed by atoms with Crippen LogP contribution in [-0.4, -0.2) is 60.5 Å². The Hall–Kier alpha value is -2.85. The maximum Gasteiger partial charge on any atom is 0.472 e. The smallest absolute Gasteiger partial charge is 0.472 e. The molecule has 0 fully saturated rings. The average Bonchev–Trinajstić information content (AvgIpc) is 3.16. The second-order valence-corrected chi connectivity index (χ2v) is 14.8. The molecule has 0 aromatic rings. The maximum absolute atomic E-state index is 12.6. The molecule has 11 heteroatoms. The number of nitrogens with two attached hydrogens (primary N) is 1. The third-order valence-electron chi connectivity index (χ3n) is 8.19. The Morgan fingerprint density at radius 3 is 1.51 bits per heavy atom. The number of hydrogen-bond acceptors (Lipinski definition) is 8. The molecule has 0 aliphatic carbocycles. The fourth-order valence-corrected chi connectivity index (χ4v) is 5.78. The number of phosphoric acid groups is 1. The lowest BCUT2D eigenvalue weighted by Crippen LogP contribution is -2.34. The number of rotatable bonds is 38. The summed E-state index contributed by atoms with van der Waals surface area (Å²) in [5.41, 5.74) is 5.34. The molecule has 0 saturated carbocycles. The minimum atomic E-state index is -4.63. The quantitative estimate of drug-likeness (QED) is 0.0238. The zero-order valence-electron chi connectivity index (χ0n) is 34.0. The number of aliphatic carboxylic acids is 1. The highest BCUT2D eigenvalue weighted by molar-refractivity contribution is 7.47. The Kier molecular flexibility index (Phi) is 37.3. The van der Waals surface area contributed by atoms with Gasteiger partial charge in [0.2, 0.25) is 0 Å². The fraction of sp³-hybridized carbons (Fsp3) is 0.636. The first-order chi connectivity index (χ1) is 26.7. The van der Waals surface area contributed by atoms with Gasteiger partial charge in [-0.05, 0) is 64.2 Å². The van der Waals surface area contributed by atoms with Crippen molar-refractivity contribution in [3.05, 3.63) is 85.1 Å². The second kappa shape index (κ2) is 39.4. The first kappa shape index (κ1) is 52.2. The van der Waals surface area contributed by atoms with E-state index < -0.39 is 45.1 Å². The van der Waals surface area contributed by atoms with Crippen LogP contribution >= 0.6 is 7.82 Å². The molecule has 314 valence electrons.